The molecule has 120 valence electrons. The second-order valence-corrected chi connectivity index (χ2v) is 7.73. The minimum absolute atomic E-state index is 0.0449. The van der Waals surface area contributed by atoms with Crippen LogP contribution in [0.5, 0.6) is 0 Å². The number of carbonyl (C=O) groups is 1. The molecule has 1 N–H and O–H groups in total. The van der Waals surface area contributed by atoms with E-state index in [1.807, 2.05) is 15.6 Å². The van der Waals surface area contributed by atoms with E-state index in [1.165, 1.54) is 0 Å². The molecule has 1 aliphatic rings. The number of nitrogens with one attached hydrogen (secondary N) is 1. The molecule has 0 radical (unpaired) electrons. The van der Waals surface area contributed by atoms with Gasteiger partial charge in [-0.1, -0.05) is 32.1 Å². The summed E-state index contributed by atoms with van der Waals surface area (Å²) in [6.07, 6.45) is 4.67. The van der Waals surface area contributed by atoms with Crippen LogP contribution in [0.1, 0.15) is 45.7 Å². The minimum atomic E-state index is 0.0449. The third-order valence-corrected chi connectivity index (χ3v) is 4.74. The fourth-order valence-corrected chi connectivity index (χ4v) is 3.35. The molecule has 0 bridgehead atoms. The molecule has 0 spiro atoms. The molecule has 3 rings (SSSR count). The van der Waals surface area contributed by atoms with Crippen LogP contribution in [0, 0.1) is 0 Å². The molecule has 7 heteroatoms. The van der Waals surface area contributed by atoms with Gasteiger partial charge in [0.2, 0.25) is 16.0 Å². The van der Waals surface area contributed by atoms with Crippen LogP contribution in [0.2, 0.25) is 0 Å². The molecule has 1 aliphatic heterocycles. The number of hydrogen-bond donors (Lipinski definition) is 1. The molecule has 0 atom stereocenters. The van der Waals surface area contributed by atoms with Crippen LogP contribution in [0.3, 0.4) is 0 Å². The van der Waals surface area contributed by atoms with Gasteiger partial charge in [0.15, 0.2) is 0 Å². The molecule has 3 heterocycles. The Morgan fingerprint density at radius 3 is 2.86 bits per heavy atom. The summed E-state index contributed by atoms with van der Waals surface area (Å²) in [5.74, 6) is 0.294. The van der Waals surface area contributed by atoms with Crippen LogP contribution in [-0.2, 0) is 10.2 Å². The first-order valence-corrected chi connectivity index (χ1v) is 8.63. The lowest BCUT2D eigenvalue weighted by Gasteiger charge is -2.15. The number of rotatable bonds is 5. The SMILES string of the molecule is CC(C)(C)c1cn2nc(NCCCN3CCCC3=O)sc2n1. The van der Waals surface area contributed by atoms with Crippen molar-refractivity contribution in [1.82, 2.24) is 19.5 Å². The molecule has 6 nitrogen and oxygen atoms in total. The van der Waals surface area contributed by atoms with Crippen LogP contribution in [-0.4, -0.2) is 45.0 Å². The number of anilines is 1. The van der Waals surface area contributed by atoms with Gasteiger partial charge in [0.1, 0.15) is 0 Å². The smallest absolute Gasteiger partial charge is 0.222 e. The van der Waals surface area contributed by atoms with Crippen molar-refractivity contribution >= 4 is 27.3 Å². The summed E-state index contributed by atoms with van der Waals surface area (Å²) in [6.45, 7) is 9.03. The van der Waals surface area contributed by atoms with Crippen molar-refractivity contribution in [1.29, 1.82) is 0 Å². The van der Waals surface area contributed by atoms with Crippen LogP contribution >= 0.6 is 11.3 Å². The maximum absolute atomic E-state index is 11.5. The van der Waals surface area contributed by atoms with Crippen molar-refractivity contribution in [3.63, 3.8) is 0 Å². The standard InChI is InChI=1S/C15H23N5OS/c1-15(2,3)11-10-20-14(17-11)22-13(18-20)16-7-5-9-19-8-4-6-12(19)21/h10H,4-9H2,1-3H3,(H,16,18). The normalized spacial score (nSPS) is 16.0. The zero-order valence-corrected chi connectivity index (χ0v) is 14.2. The lowest BCUT2D eigenvalue weighted by atomic mass is 9.93. The summed E-state index contributed by atoms with van der Waals surface area (Å²) < 4.78 is 1.84. The Hall–Kier alpha value is -1.63. The minimum Gasteiger partial charge on any atom is -0.360 e. The van der Waals surface area contributed by atoms with Gasteiger partial charge in [0.25, 0.3) is 0 Å². The number of aromatic nitrogens is 3. The highest BCUT2D eigenvalue weighted by Gasteiger charge is 2.20. The topological polar surface area (TPSA) is 62.5 Å². The largest absolute Gasteiger partial charge is 0.360 e. The molecule has 1 amide bonds. The van der Waals surface area contributed by atoms with Gasteiger partial charge in [-0.15, -0.1) is 5.10 Å². The molecule has 1 saturated heterocycles. The monoisotopic (exact) mass is 321 g/mol. The van der Waals surface area contributed by atoms with Crippen molar-refractivity contribution in [3.8, 4) is 0 Å². The van der Waals surface area contributed by atoms with Crippen LogP contribution in [0.25, 0.3) is 4.96 Å². The fraction of sp³-hybridized carbons (Fsp3) is 0.667. The van der Waals surface area contributed by atoms with Gasteiger partial charge in [-0.3, -0.25) is 4.79 Å². The van der Waals surface area contributed by atoms with E-state index in [0.29, 0.717) is 12.3 Å². The fourth-order valence-electron chi connectivity index (χ4n) is 2.54. The highest BCUT2D eigenvalue weighted by molar-refractivity contribution is 7.20. The number of amides is 1. The second kappa shape index (κ2) is 5.87. The number of fused-ring (bicyclic) bond motifs is 1. The molecule has 2 aromatic heterocycles. The molecule has 1 fully saturated rings. The molecular weight excluding hydrogens is 298 g/mol. The van der Waals surface area contributed by atoms with Gasteiger partial charge in [0.05, 0.1) is 11.9 Å². The average molecular weight is 321 g/mol. The van der Waals surface area contributed by atoms with E-state index in [2.05, 4.69) is 36.2 Å². The van der Waals surface area contributed by atoms with E-state index in [0.717, 1.165) is 48.3 Å². The zero-order chi connectivity index (χ0) is 15.7. The summed E-state index contributed by atoms with van der Waals surface area (Å²) in [6, 6.07) is 0. The molecule has 0 aliphatic carbocycles. The highest BCUT2D eigenvalue weighted by atomic mass is 32.1. The number of imidazole rings is 1. The van der Waals surface area contributed by atoms with Crippen molar-refractivity contribution in [2.75, 3.05) is 25.0 Å². The van der Waals surface area contributed by atoms with Gasteiger partial charge < -0.3 is 10.2 Å². The van der Waals surface area contributed by atoms with E-state index in [1.54, 1.807) is 11.3 Å². The maximum Gasteiger partial charge on any atom is 0.222 e. The average Bonchev–Trinajstić information content (AvgIpc) is 3.08. The summed E-state index contributed by atoms with van der Waals surface area (Å²) in [5.41, 5.74) is 1.11. The Bertz CT molecular complexity index is 638. The lowest BCUT2D eigenvalue weighted by Crippen LogP contribution is -2.26. The van der Waals surface area contributed by atoms with Crippen molar-refractivity contribution in [2.45, 2.75) is 45.4 Å². The molecule has 0 aromatic carbocycles. The Balaban J connectivity index is 1.51. The van der Waals surface area contributed by atoms with Gasteiger partial charge in [0, 0.05) is 31.5 Å². The van der Waals surface area contributed by atoms with Gasteiger partial charge in [-0.25, -0.2) is 9.50 Å². The molecule has 0 unspecified atom stereocenters. The van der Waals surface area contributed by atoms with Crippen molar-refractivity contribution in [2.24, 2.45) is 0 Å². The molecule has 22 heavy (non-hydrogen) atoms. The second-order valence-electron chi connectivity index (χ2n) is 6.78. The number of carbonyl (C=O) groups excluding carboxylic acids is 1. The van der Waals surface area contributed by atoms with Crippen molar-refractivity contribution < 1.29 is 4.79 Å². The van der Waals surface area contributed by atoms with Gasteiger partial charge in [-0.05, 0) is 12.8 Å². The zero-order valence-electron chi connectivity index (χ0n) is 13.4. The number of likely N-dealkylation sites (tertiary alicyclic amines) is 1. The third-order valence-electron chi connectivity index (χ3n) is 3.86. The molecular formula is C15H23N5OS. The van der Waals surface area contributed by atoms with Gasteiger partial charge in [-0.2, -0.15) is 0 Å². The number of nitrogens with zero attached hydrogens (tertiary/aromatic N) is 4. The van der Waals surface area contributed by atoms with Crippen LogP contribution in [0.4, 0.5) is 5.13 Å². The van der Waals surface area contributed by atoms with Gasteiger partial charge >= 0.3 is 0 Å². The third kappa shape index (κ3) is 3.24. The van der Waals surface area contributed by atoms with E-state index in [4.69, 9.17) is 0 Å². The van der Waals surface area contributed by atoms with E-state index in [9.17, 15) is 4.79 Å². The quantitative estimate of drug-likeness (QED) is 0.860. The number of hydrogen-bond acceptors (Lipinski definition) is 5. The Kier molecular flexibility index (Phi) is 4.08. The lowest BCUT2D eigenvalue weighted by molar-refractivity contribution is -0.127. The summed E-state index contributed by atoms with van der Waals surface area (Å²) >= 11 is 1.57. The first kappa shape index (κ1) is 15.3. The van der Waals surface area contributed by atoms with E-state index >= 15 is 0 Å². The van der Waals surface area contributed by atoms with E-state index < -0.39 is 0 Å². The Morgan fingerprint density at radius 2 is 2.23 bits per heavy atom. The van der Waals surface area contributed by atoms with Crippen LogP contribution < -0.4 is 5.32 Å². The predicted octanol–water partition coefficient (Wildman–Crippen LogP) is 2.51. The molecule has 2 aromatic rings. The predicted molar refractivity (Wildman–Crippen MR) is 88.5 cm³/mol. The summed E-state index contributed by atoms with van der Waals surface area (Å²) in [5, 5.41) is 8.72. The van der Waals surface area contributed by atoms with Crippen molar-refractivity contribution in [3.05, 3.63) is 11.9 Å². The Morgan fingerprint density at radius 1 is 1.41 bits per heavy atom. The van der Waals surface area contributed by atoms with E-state index in [-0.39, 0.29) is 5.41 Å². The molecule has 0 saturated carbocycles. The van der Waals surface area contributed by atoms with Crippen LogP contribution in [0.15, 0.2) is 6.20 Å². The summed E-state index contributed by atoms with van der Waals surface area (Å²) in [4.78, 5) is 19.0. The first-order chi connectivity index (χ1) is 10.4. The maximum atomic E-state index is 11.5. The highest BCUT2D eigenvalue weighted by Crippen LogP contribution is 2.25. The first-order valence-electron chi connectivity index (χ1n) is 7.82. The summed E-state index contributed by atoms with van der Waals surface area (Å²) in [7, 11) is 0. The Labute approximate surface area is 134 Å².